The van der Waals surface area contributed by atoms with Crippen LogP contribution in [0.2, 0.25) is 0 Å². The van der Waals surface area contributed by atoms with Gasteiger partial charge in [-0.1, -0.05) is 6.07 Å². The number of aromatic nitrogens is 3. The Morgan fingerprint density at radius 2 is 1.37 bits per heavy atom. The van der Waals surface area contributed by atoms with Gasteiger partial charge in [-0.2, -0.15) is 5.10 Å². The number of hydrogen-bond donors (Lipinski definition) is 2. The van der Waals surface area contributed by atoms with Gasteiger partial charge in [0.05, 0.1) is 39.5 Å². The van der Waals surface area contributed by atoms with Crippen LogP contribution >= 0.6 is 0 Å². The number of methoxy groups -OCH3 is 4. The van der Waals surface area contributed by atoms with Crippen molar-refractivity contribution in [3.63, 3.8) is 0 Å². The fraction of sp³-hybridized carbons (Fsp3) is 0.185. The lowest BCUT2D eigenvalue weighted by Gasteiger charge is -2.13. The molecule has 0 saturated carbocycles. The molecule has 0 fully saturated rings. The molecular weight excluding hydrogens is 446 g/mol. The number of rotatable bonds is 7. The highest BCUT2D eigenvalue weighted by atomic mass is 16.5. The van der Waals surface area contributed by atoms with E-state index in [-0.39, 0.29) is 5.75 Å². The third kappa shape index (κ3) is 3.93. The Balaban J connectivity index is 1.74. The van der Waals surface area contributed by atoms with Crippen LogP contribution in [0.25, 0.3) is 33.1 Å². The minimum atomic E-state index is 0.190. The van der Waals surface area contributed by atoms with Gasteiger partial charge in [-0.15, -0.1) is 0 Å². The topological polar surface area (TPSA) is 98.7 Å². The molecule has 0 aliphatic carbocycles. The highest BCUT2D eigenvalue weighted by molar-refractivity contribution is 6.12. The Morgan fingerprint density at radius 3 is 2.03 bits per heavy atom. The summed E-state index contributed by atoms with van der Waals surface area (Å²) in [4.78, 5) is 4.89. The number of nitrogens with zero attached hydrogens (tertiary/aromatic N) is 2. The number of pyridine rings is 1. The number of phenolic OH excluding ortho intramolecular Hbond substituents is 1. The lowest BCUT2D eigenvalue weighted by Crippen LogP contribution is -1.96. The quantitative estimate of drug-likeness (QED) is 0.340. The van der Waals surface area contributed by atoms with E-state index in [1.54, 1.807) is 40.6 Å². The van der Waals surface area contributed by atoms with Crippen molar-refractivity contribution in [3.8, 4) is 40.0 Å². The maximum absolute atomic E-state index is 9.76. The smallest absolute Gasteiger partial charge is 0.182 e. The summed E-state index contributed by atoms with van der Waals surface area (Å²) in [5, 5.41) is 20.2. The molecule has 5 aromatic rings. The van der Waals surface area contributed by atoms with Gasteiger partial charge in [0.1, 0.15) is 5.75 Å². The van der Waals surface area contributed by atoms with E-state index in [4.69, 9.17) is 23.9 Å². The molecule has 2 N–H and O–H groups in total. The van der Waals surface area contributed by atoms with Gasteiger partial charge in [0.15, 0.2) is 28.6 Å². The summed E-state index contributed by atoms with van der Waals surface area (Å²) in [6, 6.07) is 16.7. The van der Waals surface area contributed by atoms with Crippen LogP contribution in [0.15, 0.2) is 54.6 Å². The summed E-state index contributed by atoms with van der Waals surface area (Å²) in [7, 11) is 6.46. The van der Waals surface area contributed by atoms with Gasteiger partial charge in [0, 0.05) is 28.5 Å². The van der Waals surface area contributed by atoms with Crippen molar-refractivity contribution in [2.75, 3.05) is 28.4 Å². The normalized spacial score (nSPS) is 11.1. The van der Waals surface area contributed by atoms with Crippen molar-refractivity contribution in [1.82, 2.24) is 15.2 Å². The second-order valence-corrected chi connectivity index (χ2v) is 8.03. The van der Waals surface area contributed by atoms with Crippen molar-refractivity contribution in [2.45, 2.75) is 6.42 Å². The second kappa shape index (κ2) is 9.06. The summed E-state index contributed by atoms with van der Waals surface area (Å²) < 4.78 is 22.0. The average molecular weight is 472 g/mol. The van der Waals surface area contributed by atoms with Crippen molar-refractivity contribution in [1.29, 1.82) is 0 Å². The SMILES string of the molecule is COc1ccc(Cc2[nH]nc3nc(-c4ccc(O)cc4)c4cc(OC)c(OC)cc4c23)cc1OC. The molecule has 0 atom stereocenters. The number of phenols is 1. The molecule has 178 valence electrons. The molecular formula is C27H25N3O5. The van der Waals surface area contributed by atoms with E-state index in [9.17, 15) is 5.11 Å². The summed E-state index contributed by atoms with van der Waals surface area (Å²) >= 11 is 0. The largest absolute Gasteiger partial charge is 0.508 e. The lowest BCUT2D eigenvalue weighted by molar-refractivity contribution is 0.354. The standard InChI is InChI=1S/C27H25N3O5/c1-32-21-10-5-15(12-22(21)33-2)11-20-25-18-13-23(34-3)24(35-4)14-19(18)26(28-27(25)30-29-20)16-6-8-17(31)9-7-16/h5-10,12-14,31H,11H2,1-4H3,(H,28,29,30). The zero-order valence-electron chi connectivity index (χ0n) is 19.9. The predicted octanol–water partition coefficient (Wildman–Crippen LogP) is 5.11. The third-order valence-corrected chi connectivity index (χ3v) is 6.06. The van der Waals surface area contributed by atoms with Crippen LogP contribution in [0.5, 0.6) is 28.7 Å². The molecule has 0 aliphatic rings. The van der Waals surface area contributed by atoms with E-state index in [0.29, 0.717) is 35.1 Å². The molecule has 0 spiro atoms. The number of benzene rings is 3. The number of H-pyrrole nitrogens is 1. The Bertz CT molecular complexity index is 1530. The van der Waals surface area contributed by atoms with Gasteiger partial charge in [-0.05, 0) is 54.1 Å². The molecule has 0 bridgehead atoms. The average Bonchev–Trinajstić information content (AvgIpc) is 3.30. The van der Waals surface area contributed by atoms with Gasteiger partial charge in [-0.3, -0.25) is 5.10 Å². The molecule has 8 nitrogen and oxygen atoms in total. The minimum absolute atomic E-state index is 0.190. The molecule has 2 heterocycles. The minimum Gasteiger partial charge on any atom is -0.508 e. The third-order valence-electron chi connectivity index (χ3n) is 6.06. The van der Waals surface area contributed by atoms with Gasteiger partial charge in [-0.25, -0.2) is 4.98 Å². The van der Waals surface area contributed by atoms with Crippen LogP contribution in [0.4, 0.5) is 0 Å². The molecule has 8 heteroatoms. The maximum atomic E-state index is 9.76. The highest BCUT2D eigenvalue weighted by Crippen LogP contribution is 2.40. The van der Waals surface area contributed by atoms with E-state index in [1.165, 1.54) is 0 Å². The van der Waals surface area contributed by atoms with E-state index in [0.717, 1.165) is 38.7 Å². The molecule has 3 aromatic carbocycles. The summed E-state index contributed by atoms with van der Waals surface area (Å²) in [6.07, 6.45) is 0.584. The Morgan fingerprint density at radius 1 is 0.743 bits per heavy atom. The molecule has 0 amide bonds. The zero-order valence-corrected chi connectivity index (χ0v) is 19.9. The van der Waals surface area contributed by atoms with Gasteiger partial charge >= 0.3 is 0 Å². The van der Waals surface area contributed by atoms with E-state index >= 15 is 0 Å². The molecule has 0 saturated heterocycles. The van der Waals surface area contributed by atoms with Crippen LogP contribution in [0.3, 0.4) is 0 Å². The van der Waals surface area contributed by atoms with Crippen molar-refractivity contribution in [2.24, 2.45) is 0 Å². The van der Waals surface area contributed by atoms with Crippen LogP contribution in [-0.4, -0.2) is 48.7 Å². The summed E-state index contributed by atoms with van der Waals surface area (Å²) in [5.74, 6) is 2.75. The molecule has 2 aromatic heterocycles. The first-order valence-corrected chi connectivity index (χ1v) is 11.0. The molecule has 0 radical (unpaired) electrons. The predicted molar refractivity (Wildman–Crippen MR) is 134 cm³/mol. The number of nitrogens with one attached hydrogen (secondary N) is 1. The number of aromatic amines is 1. The first-order chi connectivity index (χ1) is 17.1. The Hall–Kier alpha value is -4.46. The van der Waals surface area contributed by atoms with E-state index in [1.807, 2.05) is 42.5 Å². The first kappa shape index (κ1) is 22.3. The first-order valence-electron chi connectivity index (χ1n) is 11.0. The summed E-state index contributed by atoms with van der Waals surface area (Å²) in [6.45, 7) is 0. The highest BCUT2D eigenvalue weighted by Gasteiger charge is 2.19. The Kier molecular flexibility index (Phi) is 5.78. The van der Waals surface area contributed by atoms with Crippen LogP contribution in [0.1, 0.15) is 11.3 Å². The van der Waals surface area contributed by atoms with Crippen LogP contribution in [0, 0.1) is 0 Å². The van der Waals surface area contributed by atoms with Gasteiger partial charge in [0.2, 0.25) is 0 Å². The lowest BCUT2D eigenvalue weighted by atomic mass is 9.98. The van der Waals surface area contributed by atoms with Crippen LogP contribution in [-0.2, 0) is 6.42 Å². The maximum Gasteiger partial charge on any atom is 0.182 e. The van der Waals surface area contributed by atoms with Crippen molar-refractivity contribution >= 4 is 21.8 Å². The number of fused-ring (bicyclic) bond motifs is 3. The zero-order chi connectivity index (χ0) is 24.5. The number of aromatic hydroxyl groups is 1. The van der Waals surface area contributed by atoms with E-state index < -0.39 is 0 Å². The fourth-order valence-electron chi connectivity index (χ4n) is 4.34. The van der Waals surface area contributed by atoms with E-state index in [2.05, 4.69) is 10.2 Å². The molecule has 5 rings (SSSR count). The second-order valence-electron chi connectivity index (χ2n) is 8.03. The monoisotopic (exact) mass is 471 g/mol. The van der Waals surface area contributed by atoms with Gasteiger partial charge < -0.3 is 24.1 Å². The number of ether oxygens (including phenoxy) is 4. The fourth-order valence-corrected chi connectivity index (χ4v) is 4.34. The van der Waals surface area contributed by atoms with Crippen molar-refractivity contribution < 1.29 is 24.1 Å². The molecule has 0 aliphatic heterocycles. The number of hydrogen-bond acceptors (Lipinski definition) is 7. The Labute approximate surface area is 202 Å². The molecule has 35 heavy (non-hydrogen) atoms. The molecule has 0 unspecified atom stereocenters. The van der Waals surface area contributed by atoms with Crippen molar-refractivity contribution in [3.05, 3.63) is 65.9 Å². The van der Waals surface area contributed by atoms with Gasteiger partial charge in [0.25, 0.3) is 0 Å². The summed E-state index contributed by atoms with van der Waals surface area (Å²) in [5.41, 5.74) is 4.12. The van der Waals surface area contributed by atoms with Crippen LogP contribution < -0.4 is 18.9 Å².